The molecule has 6 heteroatoms. The van der Waals surface area contributed by atoms with Crippen molar-refractivity contribution < 1.29 is 4.74 Å². The molecule has 0 bridgehead atoms. The van der Waals surface area contributed by atoms with Gasteiger partial charge >= 0.3 is 0 Å². The molecule has 0 unspecified atom stereocenters. The molecule has 146 valence electrons. The predicted octanol–water partition coefficient (Wildman–Crippen LogP) is 1.57. The van der Waals surface area contributed by atoms with Crippen molar-refractivity contribution in [2.45, 2.75) is 20.3 Å². The molecule has 0 saturated carbocycles. The van der Waals surface area contributed by atoms with Crippen LogP contribution in [0.1, 0.15) is 18.9 Å². The predicted molar refractivity (Wildman–Crippen MR) is 109 cm³/mol. The molecule has 1 aromatic rings. The van der Waals surface area contributed by atoms with Crippen molar-refractivity contribution in [2.24, 2.45) is 4.99 Å². The van der Waals surface area contributed by atoms with Crippen molar-refractivity contribution in [3.8, 4) is 5.75 Å². The molecule has 2 rings (SSSR count). The number of likely N-dealkylation sites (N-methyl/N-ethyl adjacent to an activating group) is 1. The Kier molecular flexibility index (Phi) is 9.28. The van der Waals surface area contributed by atoms with Crippen molar-refractivity contribution in [2.75, 3.05) is 66.0 Å². The Hall–Kier alpha value is -1.79. The maximum Gasteiger partial charge on any atom is 0.191 e. The molecule has 0 radical (unpaired) electrons. The molecule has 1 aliphatic rings. The third kappa shape index (κ3) is 8.06. The highest BCUT2D eigenvalue weighted by Crippen LogP contribution is 2.10. The summed E-state index contributed by atoms with van der Waals surface area (Å²) in [5, 5.41) is 6.65. The number of nitrogens with one attached hydrogen (secondary N) is 2. The Balaban J connectivity index is 1.67. The van der Waals surface area contributed by atoms with E-state index in [-0.39, 0.29) is 0 Å². The van der Waals surface area contributed by atoms with E-state index in [1.165, 1.54) is 25.1 Å². The molecule has 2 N–H and O–H groups in total. The van der Waals surface area contributed by atoms with E-state index in [1.54, 1.807) is 0 Å². The molecule has 1 fully saturated rings. The van der Waals surface area contributed by atoms with Crippen molar-refractivity contribution in [3.05, 3.63) is 29.8 Å². The van der Waals surface area contributed by atoms with E-state index in [2.05, 4.69) is 53.5 Å². The van der Waals surface area contributed by atoms with Crippen LogP contribution in [-0.4, -0.2) is 81.8 Å². The van der Waals surface area contributed by atoms with Crippen molar-refractivity contribution in [1.82, 2.24) is 20.4 Å². The van der Waals surface area contributed by atoms with Crippen molar-refractivity contribution >= 4 is 5.96 Å². The number of hydrogen-bond acceptors (Lipinski definition) is 4. The molecule has 1 heterocycles. The number of rotatable bonds is 8. The number of nitrogens with zero attached hydrogens (tertiary/aromatic N) is 3. The van der Waals surface area contributed by atoms with Crippen LogP contribution in [-0.2, 0) is 0 Å². The fraction of sp³-hybridized carbons (Fsp3) is 0.650. The minimum absolute atomic E-state index is 0.617. The van der Waals surface area contributed by atoms with E-state index in [0.717, 1.165) is 51.0 Å². The van der Waals surface area contributed by atoms with Crippen molar-refractivity contribution in [3.63, 3.8) is 0 Å². The topological polar surface area (TPSA) is 52.1 Å². The van der Waals surface area contributed by atoms with Gasteiger partial charge in [-0.05, 0) is 52.5 Å². The zero-order valence-corrected chi connectivity index (χ0v) is 16.6. The number of benzene rings is 1. The summed E-state index contributed by atoms with van der Waals surface area (Å²) in [6.45, 7) is 12.9. The second-order valence-corrected chi connectivity index (χ2v) is 6.85. The van der Waals surface area contributed by atoms with Gasteiger partial charge in [-0.2, -0.15) is 0 Å². The van der Waals surface area contributed by atoms with Gasteiger partial charge in [-0.1, -0.05) is 17.7 Å². The van der Waals surface area contributed by atoms with E-state index in [9.17, 15) is 0 Å². The third-order valence-corrected chi connectivity index (χ3v) is 4.53. The summed E-state index contributed by atoms with van der Waals surface area (Å²) in [6, 6.07) is 8.14. The molecule has 0 atom stereocenters. The average molecular weight is 362 g/mol. The first kappa shape index (κ1) is 20.5. The smallest absolute Gasteiger partial charge is 0.191 e. The number of ether oxygens (including phenoxy) is 1. The Morgan fingerprint density at radius 1 is 1.12 bits per heavy atom. The number of hydrogen-bond donors (Lipinski definition) is 2. The van der Waals surface area contributed by atoms with Gasteiger partial charge < -0.3 is 25.2 Å². The zero-order chi connectivity index (χ0) is 18.6. The fourth-order valence-corrected chi connectivity index (χ4v) is 2.94. The van der Waals surface area contributed by atoms with Gasteiger partial charge in [-0.15, -0.1) is 0 Å². The van der Waals surface area contributed by atoms with E-state index in [4.69, 9.17) is 9.73 Å². The van der Waals surface area contributed by atoms with Crippen LogP contribution >= 0.6 is 0 Å². The summed E-state index contributed by atoms with van der Waals surface area (Å²) in [7, 11) is 2.20. The summed E-state index contributed by atoms with van der Waals surface area (Å²) in [4.78, 5) is 9.61. The molecular weight excluding hydrogens is 326 g/mol. The molecule has 1 saturated heterocycles. The summed E-state index contributed by atoms with van der Waals surface area (Å²) < 4.78 is 5.75. The molecule has 0 spiro atoms. The molecule has 1 aliphatic heterocycles. The lowest BCUT2D eigenvalue weighted by molar-refractivity contribution is 0.283. The van der Waals surface area contributed by atoms with Gasteiger partial charge in [-0.25, -0.2) is 0 Å². The monoisotopic (exact) mass is 361 g/mol. The second-order valence-electron chi connectivity index (χ2n) is 6.85. The fourth-order valence-electron chi connectivity index (χ4n) is 2.94. The van der Waals surface area contributed by atoms with Crippen LogP contribution in [0, 0.1) is 6.92 Å². The molecule has 6 nitrogen and oxygen atoms in total. The van der Waals surface area contributed by atoms with Crippen LogP contribution in [0.2, 0.25) is 0 Å². The minimum atomic E-state index is 0.617. The van der Waals surface area contributed by atoms with Crippen LogP contribution < -0.4 is 15.4 Å². The Labute approximate surface area is 158 Å². The maximum atomic E-state index is 5.75. The van der Waals surface area contributed by atoms with Gasteiger partial charge in [0.15, 0.2) is 5.96 Å². The highest BCUT2D eigenvalue weighted by atomic mass is 16.5. The van der Waals surface area contributed by atoms with Crippen LogP contribution in [0.3, 0.4) is 0 Å². The van der Waals surface area contributed by atoms with E-state index >= 15 is 0 Å². The lowest BCUT2D eigenvalue weighted by Gasteiger charge is -2.19. The molecule has 0 amide bonds. The highest BCUT2D eigenvalue weighted by Gasteiger charge is 2.11. The summed E-state index contributed by atoms with van der Waals surface area (Å²) in [5.41, 5.74) is 1.24. The largest absolute Gasteiger partial charge is 0.492 e. The summed E-state index contributed by atoms with van der Waals surface area (Å²) in [6.07, 6.45) is 1.24. The SMILES string of the molecule is CCNC(=NCCN1CCCN(C)CC1)NCCOc1ccc(C)cc1. The van der Waals surface area contributed by atoms with Crippen LogP contribution in [0.25, 0.3) is 0 Å². The second kappa shape index (κ2) is 11.8. The normalized spacial score (nSPS) is 17.0. The molecular formula is C20H35N5O. The first-order valence-electron chi connectivity index (χ1n) is 9.80. The van der Waals surface area contributed by atoms with Crippen molar-refractivity contribution in [1.29, 1.82) is 0 Å². The summed E-state index contributed by atoms with van der Waals surface area (Å²) in [5.74, 6) is 1.78. The van der Waals surface area contributed by atoms with E-state index < -0.39 is 0 Å². The Morgan fingerprint density at radius 3 is 2.69 bits per heavy atom. The number of aliphatic imine (C=N–C) groups is 1. The average Bonchev–Trinajstić information content (AvgIpc) is 2.84. The zero-order valence-electron chi connectivity index (χ0n) is 16.6. The van der Waals surface area contributed by atoms with Gasteiger partial charge in [0.05, 0.1) is 13.1 Å². The lowest BCUT2D eigenvalue weighted by atomic mass is 10.2. The summed E-state index contributed by atoms with van der Waals surface area (Å²) >= 11 is 0. The standard InChI is InChI=1S/C20H35N5O/c1-4-21-20(22-10-14-25-13-5-12-24(3)15-16-25)23-11-17-26-19-8-6-18(2)7-9-19/h6-9H,4-5,10-17H2,1-3H3,(H2,21,22,23). The lowest BCUT2D eigenvalue weighted by Crippen LogP contribution is -2.40. The first-order valence-corrected chi connectivity index (χ1v) is 9.80. The maximum absolute atomic E-state index is 5.75. The van der Waals surface area contributed by atoms with E-state index in [1.807, 2.05) is 12.1 Å². The quantitative estimate of drug-likeness (QED) is 0.418. The van der Waals surface area contributed by atoms with E-state index in [0.29, 0.717) is 6.61 Å². The first-order chi connectivity index (χ1) is 12.7. The van der Waals surface area contributed by atoms with Gasteiger partial charge in [0.1, 0.15) is 12.4 Å². The van der Waals surface area contributed by atoms with Crippen LogP contribution in [0.15, 0.2) is 29.3 Å². The molecule has 0 aliphatic carbocycles. The highest BCUT2D eigenvalue weighted by molar-refractivity contribution is 5.79. The van der Waals surface area contributed by atoms with Gasteiger partial charge in [0.2, 0.25) is 0 Å². The Bertz CT molecular complexity index is 532. The van der Waals surface area contributed by atoms with Gasteiger partial charge in [0.25, 0.3) is 0 Å². The number of aryl methyl sites for hydroxylation is 1. The number of guanidine groups is 1. The van der Waals surface area contributed by atoms with Gasteiger partial charge in [-0.3, -0.25) is 4.99 Å². The van der Waals surface area contributed by atoms with Crippen LogP contribution in [0.5, 0.6) is 5.75 Å². The van der Waals surface area contributed by atoms with Crippen LogP contribution in [0.4, 0.5) is 0 Å². The molecule has 0 aromatic heterocycles. The minimum Gasteiger partial charge on any atom is -0.492 e. The molecule has 1 aromatic carbocycles. The molecule has 26 heavy (non-hydrogen) atoms. The third-order valence-electron chi connectivity index (χ3n) is 4.53. The van der Waals surface area contributed by atoms with Gasteiger partial charge in [0, 0.05) is 26.2 Å². The Morgan fingerprint density at radius 2 is 1.92 bits per heavy atom.